The monoisotopic (exact) mass is 467 g/mol. The van der Waals surface area contributed by atoms with Crippen molar-refractivity contribution in [1.29, 1.82) is 0 Å². The molecule has 0 bridgehead atoms. The summed E-state index contributed by atoms with van der Waals surface area (Å²) in [6.07, 6.45) is 4.62. The van der Waals surface area contributed by atoms with Crippen molar-refractivity contribution >= 4 is 27.5 Å². The fourth-order valence-corrected chi connectivity index (χ4v) is 4.87. The number of anilines is 2. The fraction of sp³-hybridized carbons (Fsp3) is 0.476. The maximum absolute atomic E-state index is 13.3. The number of hydrogen-bond acceptors (Lipinski definition) is 7. The van der Waals surface area contributed by atoms with Gasteiger partial charge in [-0.05, 0) is 50.8 Å². The maximum Gasteiger partial charge on any atom is 0.235 e. The summed E-state index contributed by atoms with van der Waals surface area (Å²) >= 11 is 0. The van der Waals surface area contributed by atoms with Crippen molar-refractivity contribution in [2.45, 2.75) is 49.6 Å². The topological polar surface area (TPSA) is 104 Å². The third-order valence-corrected chi connectivity index (χ3v) is 6.98. The van der Waals surface area contributed by atoms with Gasteiger partial charge in [-0.3, -0.25) is 4.79 Å². The van der Waals surface area contributed by atoms with Crippen LogP contribution in [0, 0.1) is 18.6 Å². The van der Waals surface area contributed by atoms with Crippen molar-refractivity contribution in [2.75, 3.05) is 30.1 Å². The number of amides is 1. The lowest BCUT2D eigenvalue weighted by atomic mass is 9.91. The van der Waals surface area contributed by atoms with Crippen molar-refractivity contribution in [3.63, 3.8) is 0 Å². The van der Waals surface area contributed by atoms with Gasteiger partial charge in [0.1, 0.15) is 11.6 Å². The molecule has 1 amide bonds. The number of hydrogen-bond donors (Lipinski definition) is 2. The van der Waals surface area contributed by atoms with E-state index in [9.17, 15) is 22.0 Å². The van der Waals surface area contributed by atoms with E-state index in [1.54, 1.807) is 6.20 Å². The molecule has 174 valence electrons. The van der Waals surface area contributed by atoms with Crippen LogP contribution in [0.1, 0.15) is 31.2 Å². The summed E-state index contributed by atoms with van der Waals surface area (Å²) in [6, 6.07) is 2.26. The highest BCUT2D eigenvalue weighted by Gasteiger charge is 2.26. The highest BCUT2D eigenvalue weighted by Crippen LogP contribution is 2.23. The van der Waals surface area contributed by atoms with Gasteiger partial charge in [0.2, 0.25) is 11.9 Å². The molecular formula is C21H27F2N5O3S. The van der Waals surface area contributed by atoms with E-state index in [1.165, 1.54) is 0 Å². The Kier molecular flexibility index (Phi) is 7.27. The van der Waals surface area contributed by atoms with Gasteiger partial charge in [-0.1, -0.05) is 0 Å². The predicted octanol–water partition coefficient (Wildman–Crippen LogP) is 2.44. The van der Waals surface area contributed by atoms with Gasteiger partial charge in [-0.2, -0.15) is 4.98 Å². The molecule has 2 aromatic rings. The smallest absolute Gasteiger partial charge is 0.235 e. The summed E-state index contributed by atoms with van der Waals surface area (Å²) in [6.45, 7) is 1.94. The number of aryl methyl sites for hydroxylation is 1. The third-order valence-electron chi connectivity index (χ3n) is 5.37. The van der Waals surface area contributed by atoms with Crippen LogP contribution in [0.3, 0.4) is 0 Å². The highest BCUT2D eigenvalue weighted by atomic mass is 32.2. The molecule has 1 aliphatic rings. The number of benzene rings is 1. The molecular weight excluding hydrogens is 440 g/mol. The van der Waals surface area contributed by atoms with Crippen LogP contribution in [0.4, 0.5) is 20.5 Å². The lowest BCUT2D eigenvalue weighted by Crippen LogP contribution is -2.42. The van der Waals surface area contributed by atoms with Crippen LogP contribution in [0.15, 0.2) is 29.3 Å². The quantitative estimate of drug-likeness (QED) is 0.603. The molecule has 1 heterocycles. The zero-order chi connectivity index (χ0) is 23.5. The second-order valence-corrected chi connectivity index (χ2v) is 10.2. The van der Waals surface area contributed by atoms with Crippen LogP contribution in [0.25, 0.3) is 0 Å². The number of nitrogens with one attached hydrogen (secondary N) is 2. The van der Waals surface area contributed by atoms with E-state index in [1.807, 2.05) is 25.9 Å². The lowest BCUT2D eigenvalue weighted by Gasteiger charge is -2.30. The zero-order valence-electron chi connectivity index (χ0n) is 18.2. The molecule has 2 N–H and O–H groups in total. The van der Waals surface area contributed by atoms with Crippen molar-refractivity contribution < 1.29 is 22.0 Å². The number of halogens is 2. The first kappa shape index (κ1) is 23.8. The highest BCUT2D eigenvalue weighted by molar-refractivity contribution is 7.92. The minimum Gasteiger partial charge on any atom is -0.362 e. The minimum absolute atomic E-state index is 0.145. The molecule has 1 fully saturated rings. The Labute approximate surface area is 186 Å². The van der Waals surface area contributed by atoms with Gasteiger partial charge in [-0.25, -0.2) is 22.2 Å². The van der Waals surface area contributed by atoms with E-state index in [-0.39, 0.29) is 12.1 Å². The maximum atomic E-state index is 13.3. The Morgan fingerprint density at radius 3 is 2.41 bits per heavy atom. The zero-order valence-corrected chi connectivity index (χ0v) is 19.0. The molecule has 3 rings (SSSR count). The predicted molar refractivity (Wildman–Crippen MR) is 117 cm³/mol. The second-order valence-electron chi connectivity index (χ2n) is 8.19. The molecule has 1 aromatic carbocycles. The summed E-state index contributed by atoms with van der Waals surface area (Å²) < 4.78 is 51.0. The third kappa shape index (κ3) is 5.90. The van der Waals surface area contributed by atoms with Crippen molar-refractivity contribution in [3.05, 3.63) is 41.6 Å². The van der Waals surface area contributed by atoms with Crippen LogP contribution < -0.4 is 15.5 Å². The summed E-state index contributed by atoms with van der Waals surface area (Å²) in [5.74, 6) is -2.51. The number of carbonyl (C=O) groups is 1. The molecule has 0 radical (unpaired) electrons. The van der Waals surface area contributed by atoms with Crippen LogP contribution in [0.2, 0.25) is 0 Å². The Morgan fingerprint density at radius 2 is 1.78 bits per heavy atom. The summed E-state index contributed by atoms with van der Waals surface area (Å²) in [5.41, 5.74) is 0.977. The minimum atomic E-state index is -4.07. The number of nitrogens with zero attached hydrogens (tertiary/aromatic N) is 3. The first-order valence-electron chi connectivity index (χ1n) is 10.3. The summed E-state index contributed by atoms with van der Waals surface area (Å²) in [4.78, 5) is 22.6. The molecule has 1 aliphatic carbocycles. The van der Waals surface area contributed by atoms with Crippen molar-refractivity contribution in [1.82, 2.24) is 15.3 Å². The van der Waals surface area contributed by atoms with Gasteiger partial charge in [0, 0.05) is 37.9 Å². The van der Waals surface area contributed by atoms with Gasteiger partial charge in [0.15, 0.2) is 21.5 Å². The molecule has 11 heteroatoms. The average Bonchev–Trinajstić information content (AvgIpc) is 2.72. The standard InChI is InChI=1S/C21H27F2N5O3S/c1-13-11-24-21(27-20(13)28(2)3)26-15-6-4-14(5-7-15)25-19(29)12-32(30,31)16-8-9-17(22)18(23)10-16/h8-11,14-15H,4-7,12H2,1-3H3,(H,25,29)(H,24,26,27)/t14-,15+. The Morgan fingerprint density at radius 1 is 1.12 bits per heavy atom. The van der Waals surface area contributed by atoms with E-state index in [4.69, 9.17) is 0 Å². The molecule has 1 saturated carbocycles. The lowest BCUT2D eigenvalue weighted by molar-refractivity contribution is -0.119. The normalized spacial score (nSPS) is 18.8. The van der Waals surface area contributed by atoms with E-state index in [0.29, 0.717) is 24.9 Å². The molecule has 0 unspecified atom stereocenters. The van der Waals surface area contributed by atoms with Gasteiger partial charge < -0.3 is 15.5 Å². The number of carbonyl (C=O) groups excluding carboxylic acids is 1. The summed E-state index contributed by atoms with van der Waals surface area (Å²) in [5, 5.41) is 6.06. The fourth-order valence-electron chi connectivity index (χ4n) is 3.72. The van der Waals surface area contributed by atoms with E-state index >= 15 is 0 Å². The largest absolute Gasteiger partial charge is 0.362 e. The molecule has 0 spiro atoms. The van der Waals surface area contributed by atoms with Crippen LogP contribution in [-0.2, 0) is 14.6 Å². The Balaban J connectivity index is 1.51. The molecule has 0 aliphatic heterocycles. The van der Waals surface area contributed by atoms with Crippen molar-refractivity contribution in [3.8, 4) is 0 Å². The van der Waals surface area contributed by atoms with Crippen LogP contribution in [0.5, 0.6) is 0 Å². The molecule has 32 heavy (non-hydrogen) atoms. The van der Waals surface area contributed by atoms with Gasteiger partial charge >= 0.3 is 0 Å². The first-order chi connectivity index (χ1) is 15.0. The molecule has 8 nitrogen and oxygen atoms in total. The van der Waals surface area contributed by atoms with E-state index < -0.39 is 38.0 Å². The van der Waals surface area contributed by atoms with E-state index in [0.717, 1.165) is 36.4 Å². The van der Waals surface area contributed by atoms with Crippen molar-refractivity contribution in [2.24, 2.45) is 0 Å². The SMILES string of the molecule is Cc1cnc(N[C@H]2CC[C@@H](NC(=O)CS(=O)(=O)c3ccc(F)c(F)c3)CC2)nc1N(C)C. The molecule has 0 saturated heterocycles. The van der Waals surface area contributed by atoms with E-state index in [2.05, 4.69) is 20.6 Å². The number of aromatic nitrogens is 2. The number of sulfone groups is 1. The van der Waals surface area contributed by atoms with Gasteiger partial charge in [-0.15, -0.1) is 0 Å². The number of rotatable bonds is 7. The summed E-state index contributed by atoms with van der Waals surface area (Å²) in [7, 11) is -0.234. The molecule has 0 atom stereocenters. The van der Waals surface area contributed by atoms with Crippen LogP contribution >= 0.6 is 0 Å². The molecule has 1 aromatic heterocycles. The first-order valence-corrected chi connectivity index (χ1v) is 11.9. The van der Waals surface area contributed by atoms with Crippen LogP contribution in [-0.4, -0.2) is 56.2 Å². The second kappa shape index (κ2) is 9.76. The van der Waals surface area contributed by atoms with Gasteiger partial charge in [0.05, 0.1) is 4.90 Å². The Hall–Kier alpha value is -2.82. The average molecular weight is 468 g/mol. The van der Waals surface area contributed by atoms with Gasteiger partial charge in [0.25, 0.3) is 0 Å². The Bertz CT molecular complexity index is 1090.